The van der Waals surface area contributed by atoms with Crippen molar-refractivity contribution in [3.63, 3.8) is 0 Å². The second-order valence-corrected chi connectivity index (χ2v) is 8.31. The number of rotatable bonds is 4. The Morgan fingerprint density at radius 3 is 2.59 bits per heavy atom. The number of piperidine rings is 1. The van der Waals surface area contributed by atoms with Gasteiger partial charge in [-0.1, -0.05) is 35.9 Å². The molecule has 3 unspecified atom stereocenters. The van der Waals surface area contributed by atoms with Gasteiger partial charge < -0.3 is 10.6 Å². The van der Waals surface area contributed by atoms with E-state index in [-0.39, 0.29) is 17.2 Å². The normalized spacial score (nSPS) is 29.5. The Morgan fingerprint density at radius 2 is 1.93 bits per heavy atom. The van der Waals surface area contributed by atoms with Gasteiger partial charge in [-0.2, -0.15) is 0 Å². The molecule has 1 aromatic carbocycles. The number of carbonyl (C=O) groups is 2. The molecule has 2 aliphatic heterocycles. The highest BCUT2D eigenvalue weighted by Crippen LogP contribution is 2.52. The van der Waals surface area contributed by atoms with Crippen LogP contribution in [-0.4, -0.2) is 42.1 Å². The van der Waals surface area contributed by atoms with Gasteiger partial charge in [0.1, 0.15) is 0 Å². The summed E-state index contributed by atoms with van der Waals surface area (Å²) in [5.74, 6) is -0.967. The number of hydrogen-bond donors (Lipinski definition) is 4. The molecule has 1 spiro atoms. The summed E-state index contributed by atoms with van der Waals surface area (Å²) in [7, 11) is 0. The van der Waals surface area contributed by atoms with E-state index in [1.807, 2.05) is 18.2 Å². The fourth-order valence-corrected chi connectivity index (χ4v) is 4.56. The van der Waals surface area contributed by atoms with Crippen LogP contribution in [0.1, 0.15) is 38.2 Å². The minimum atomic E-state index is -0.559. The lowest BCUT2D eigenvalue weighted by Gasteiger charge is -2.38. The van der Waals surface area contributed by atoms with Crippen LogP contribution in [0.15, 0.2) is 35.9 Å². The monoisotopic (exact) mass is 369 g/mol. The summed E-state index contributed by atoms with van der Waals surface area (Å²) in [5, 5.41) is 15.8. The van der Waals surface area contributed by atoms with E-state index in [1.54, 1.807) is 5.48 Å². The second kappa shape index (κ2) is 7.19. The molecule has 1 saturated heterocycles. The quantitative estimate of drug-likeness (QED) is 0.479. The standard InChI is InChI=1S/C21H27N3O3/c1-13-11-22-17(9-15(13)14-5-3-2-4-6-14)19(25)18-16(20(26)24-27)10-21(7-8-21)12-23-18/h2-6,16-18,22-23,27H,7-12H2,1H3,(H,24,26). The van der Waals surface area contributed by atoms with Crippen LogP contribution in [0.3, 0.4) is 0 Å². The number of amides is 1. The lowest BCUT2D eigenvalue weighted by molar-refractivity contribution is -0.140. The minimum Gasteiger partial charge on any atom is -0.306 e. The lowest BCUT2D eigenvalue weighted by Crippen LogP contribution is -2.59. The van der Waals surface area contributed by atoms with Crippen molar-refractivity contribution in [3.05, 3.63) is 41.5 Å². The van der Waals surface area contributed by atoms with Crippen LogP contribution in [0.5, 0.6) is 0 Å². The highest BCUT2D eigenvalue weighted by molar-refractivity contribution is 5.96. The first kappa shape index (κ1) is 18.3. The topological polar surface area (TPSA) is 90.5 Å². The van der Waals surface area contributed by atoms with Crippen LogP contribution >= 0.6 is 0 Å². The smallest absolute Gasteiger partial charge is 0.248 e. The van der Waals surface area contributed by atoms with Gasteiger partial charge in [0, 0.05) is 13.1 Å². The Morgan fingerprint density at radius 1 is 1.19 bits per heavy atom. The third-order valence-electron chi connectivity index (χ3n) is 6.47. The zero-order chi connectivity index (χ0) is 19.0. The van der Waals surface area contributed by atoms with E-state index in [1.165, 1.54) is 11.1 Å². The van der Waals surface area contributed by atoms with E-state index < -0.39 is 17.9 Å². The summed E-state index contributed by atoms with van der Waals surface area (Å²) in [6.45, 7) is 3.52. The molecule has 4 rings (SSSR count). The molecule has 1 saturated carbocycles. The summed E-state index contributed by atoms with van der Waals surface area (Å²) < 4.78 is 0. The van der Waals surface area contributed by atoms with Crippen molar-refractivity contribution in [1.82, 2.24) is 16.1 Å². The molecule has 3 atom stereocenters. The van der Waals surface area contributed by atoms with Crippen LogP contribution in [0.4, 0.5) is 0 Å². The molecule has 4 N–H and O–H groups in total. The van der Waals surface area contributed by atoms with E-state index in [2.05, 4.69) is 29.7 Å². The van der Waals surface area contributed by atoms with E-state index in [0.29, 0.717) is 19.4 Å². The SMILES string of the molecule is CC1=C(c2ccccc2)CC(C(=O)C2NCC3(CC3)CC2C(=O)NO)NC1. The van der Waals surface area contributed by atoms with E-state index >= 15 is 0 Å². The maximum atomic E-state index is 13.3. The van der Waals surface area contributed by atoms with E-state index in [4.69, 9.17) is 5.21 Å². The zero-order valence-corrected chi connectivity index (χ0v) is 15.6. The van der Waals surface area contributed by atoms with Gasteiger partial charge in [0.2, 0.25) is 5.91 Å². The van der Waals surface area contributed by atoms with Crippen molar-refractivity contribution >= 4 is 17.3 Å². The molecule has 3 aliphatic rings. The summed E-state index contributed by atoms with van der Waals surface area (Å²) >= 11 is 0. The van der Waals surface area contributed by atoms with Gasteiger partial charge in [0.25, 0.3) is 0 Å². The average molecular weight is 369 g/mol. The molecular formula is C21H27N3O3. The molecule has 2 fully saturated rings. The predicted molar refractivity (Wildman–Crippen MR) is 102 cm³/mol. The number of carbonyl (C=O) groups excluding carboxylic acids is 2. The molecule has 1 aliphatic carbocycles. The van der Waals surface area contributed by atoms with Crippen molar-refractivity contribution < 1.29 is 14.8 Å². The highest BCUT2D eigenvalue weighted by Gasteiger charge is 2.52. The largest absolute Gasteiger partial charge is 0.306 e. The van der Waals surface area contributed by atoms with Crippen LogP contribution < -0.4 is 16.1 Å². The fraction of sp³-hybridized carbons (Fsp3) is 0.524. The number of benzene rings is 1. The van der Waals surface area contributed by atoms with Gasteiger partial charge in [-0.05, 0) is 49.2 Å². The number of Topliss-reactive ketones (excluding diaryl/α,β-unsaturated/α-hetero) is 1. The third-order valence-corrected chi connectivity index (χ3v) is 6.47. The summed E-state index contributed by atoms with van der Waals surface area (Å²) in [4.78, 5) is 25.5. The summed E-state index contributed by atoms with van der Waals surface area (Å²) in [5.41, 5.74) is 5.49. The van der Waals surface area contributed by atoms with Crippen molar-refractivity contribution in [2.45, 2.75) is 44.7 Å². The van der Waals surface area contributed by atoms with Gasteiger partial charge in [0.15, 0.2) is 5.78 Å². The summed E-state index contributed by atoms with van der Waals surface area (Å²) in [6, 6.07) is 9.26. The predicted octanol–water partition coefficient (Wildman–Crippen LogP) is 1.65. The van der Waals surface area contributed by atoms with Crippen LogP contribution in [0.2, 0.25) is 0 Å². The zero-order valence-electron chi connectivity index (χ0n) is 15.6. The number of hydroxylamine groups is 1. The van der Waals surface area contributed by atoms with Gasteiger partial charge in [-0.25, -0.2) is 5.48 Å². The van der Waals surface area contributed by atoms with Gasteiger partial charge >= 0.3 is 0 Å². The molecule has 0 bridgehead atoms. The Kier molecular flexibility index (Phi) is 4.88. The molecule has 27 heavy (non-hydrogen) atoms. The molecule has 1 amide bonds. The molecule has 6 nitrogen and oxygen atoms in total. The number of nitrogens with one attached hydrogen (secondary N) is 3. The first-order valence-corrected chi connectivity index (χ1v) is 9.71. The van der Waals surface area contributed by atoms with Crippen molar-refractivity contribution in [3.8, 4) is 0 Å². The van der Waals surface area contributed by atoms with Crippen LogP contribution in [0.25, 0.3) is 5.57 Å². The Labute approximate surface area is 159 Å². The Hall–Kier alpha value is -2.02. The molecule has 2 heterocycles. The third kappa shape index (κ3) is 3.57. The molecular weight excluding hydrogens is 342 g/mol. The number of hydrogen-bond acceptors (Lipinski definition) is 5. The van der Waals surface area contributed by atoms with Crippen LogP contribution in [0, 0.1) is 11.3 Å². The van der Waals surface area contributed by atoms with Crippen LogP contribution in [-0.2, 0) is 9.59 Å². The van der Waals surface area contributed by atoms with E-state index in [9.17, 15) is 9.59 Å². The maximum absolute atomic E-state index is 13.3. The molecule has 144 valence electrons. The molecule has 6 heteroatoms. The van der Waals surface area contributed by atoms with E-state index in [0.717, 1.165) is 24.9 Å². The van der Waals surface area contributed by atoms with Crippen molar-refractivity contribution in [2.75, 3.05) is 13.1 Å². The lowest BCUT2D eigenvalue weighted by atomic mass is 9.77. The van der Waals surface area contributed by atoms with Gasteiger partial charge in [-0.3, -0.25) is 14.8 Å². The maximum Gasteiger partial charge on any atom is 0.248 e. The van der Waals surface area contributed by atoms with Crippen molar-refractivity contribution in [2.24, 2.45) is 11.3 Å². The number of ketones is 1. The van der Waals surface area contributed by atoms with Gasteiger partial charge in [0.05, 0.1) is 18.0 Å². The average Bonchev–Trinajstić information content (AvgIpc) is 3.46. The molecule has 0 aromatic heterocycles. The summed E-state index contributed by atoms with van der Waals surface area (Å²) in [6.07, 6.45) is 3.44. The van der Waals surface area contributed by atoms with Gasteiger partial charge in [-0.15, -0.1) is 0 Å². The second-order valence-electron chi connectivity index (χ2n) is 8.31. The highest BCUT2D eigenvalue weighted by atomic mass is 16.5. The Bertz CT molecular complexity index is 770. The molecule has 1 aromatic rings. The molecule has 0 radical (unpaired) electrons. The first-order valence-electron chi connectivity index (χ1n) is 9.71. The first-order chi connectivity index (χ1) is 13.0. The fourth-order valence-electron chi connectivity index (χ4n) is 4.56. The Balaban J connectivity index is 1.52. The van der Waals surface area contributed by atoms with Crippen molar-refractivity contribution in [1.29, 1.82) is 0 Å². The minimum absolute atomic E-state index is 0.0139.